The van der Waals surface area contributed by atoms with Crippen LogP contribution in [0.15, 0.2) is 6.20 Å². The van der Waals surface area contributed by atoms with Gasteiger partial charge in [0.25, 0.3) is 0 Å². The van der Waals surface area contributed by atoms with Crippen LogP contribution >= 0.6 is 11.8 Å². The van der Waals surface area contributed by atoms with E-state index >= 15 is 0 Å². The van der Waals surface area contributed by atoms with E-state index in [1.807, 2.05) is 22.6 Å². The molecule has 1 N–H and O–H groups in total. The van der Waals surface area contributed by atoms with Gasteiger partial charge in [-0.15, -0.1) is 5.10 Å². The van der Waals surface area contributed by atoms with Crippen LogP contribution in [0.2, 0.25) is 0 Å². The van der Waals surface area contributed by atoms with Crippen LogP contribution in [0.4, 0.5) is 0 Å². The Morgan fingerprint density at radius 3 is 3.07 bits per heavy atom. The summed E-state index contributed by atoms with van der Waals surface area (Å²) in [4.78, 5) is 0. The minimum absolute atomic E-state index is 0.820. The Morgan fingerprint density at radius 2 is 2.33 bits per heavy atom. The first-order valence-electron chi connectivity index (χ1n) is 5.54. The van der Waals surface area contributed by atoms with Crippen molar-refractivity contribution < 1.29 is 0 Å². The highest BCUT2D eigenvalue weighted by Gasteiger charge is 1.99. The Hall–Kier alpha value is -0.550. The van der Waals surface area contributed by atoms with Crippen molar-refractivity contribution in [3.63, 3.8) is 0 Å². The molecule has 0 atom stereocenters. The SMILES string of the molecule is CCNCc1cn(CCCSCC)nn1. The van der Waals surface area contributed by atoms with E-state index in [0.29, 0.717) is 0 Å². The van der Waals surface area contributed by atoms with E-state index in [1.165, 1.54) is 17.9 Å². The van der Waals surface area contributed by atoms with Gasteiger partial charge in [-0.1, -0.05) is 19.1 Å². The third-order valence-corrected chi connectivity index (χ3v) is 3.01. The summed E-state index contributed by atoms with van der Waals surface area (Å²) >= 11 is 1.97. The van der Waals surface area contributed by atoms with Crippen LogP contribution in [0.3, 0.4) is 0 Å². The number of aromatic nitrogens is 3. The van der Waals surface area contributed by atoms with Gasteiger partial charge in [0.05, 0.1) is 5.69 Å². The first kappa shape index (κ1) is 12.5. The maximum absolute atomic E-state index is 4.10. The molecule has 0 radical (unpaired) electrons. The summed E-state index contributed by atoms with van der Waals surface area (Å²) in [5.41, 5.74) is 1.03. The van der Waals surface area contributed by atoms with Gasteiger partial charge in [0.2, 0.25) is 0 Å². The average molecular weight is 228 g/mol. The standard InChI is InChI=1S/C10H20N4S/c1-3-11-8-10-9-14(13-12-10)6-5-7-15-4-2/h9,11H,3-8H2,1-2H3. The van der Waals surface area contributed by atoms with Crippen LogP contribution in [0.25, 0.3) is 0 Å². The van der Waals surface area contributed by atoms with E-state index in [0.717, 1.165) is 25.3 Å². The maximum atomic E-state index is 4.10. The van der Waals surface area contributed by atoms with E-state index in [-0.39, 0.29) is 0 Å². The summed E-state index contributed by atoms with van der Waals surface area (Å²) in [6.45, 7) is 7.05. The molecular formula is C10H20N4S. The summed E-state index contributed by atoms with van der Waals surface area (Å²) < 4.78 is 1.93. The molecule has 1 aromatic rings. The topological polar surface area (TPSA) is 42.7 Å². The number of nitrogens with zero attached hydrogens (tertiary/aromatic N) is 3. The van der Waals surface area contributed by atoms with Gasteiger partial charge >= 0.3 is 0 Å². The zero-order valence-corrected chi connectivity index (χ0v) is 10.4. The Balaban J connectivity index is 2.20. The molecule has 15 heavy (non-hydrogen) atoms. The quantitative estimate of drug-likeness (QED) is 0.685. The predicted octanol–water partition coefficient (Wildman–Crippen LogP) is 1.53. The first-order chi connectivity index (χ1) is 7.36. The van der Waals surface area contributed by atoms with Crippen molar-refractivity contribution in [2.75, 3.05) is 18.1 Å². The lowest BCUT2D eigenvalue weighted by Gasteiger charge is -1.99. The summed E-state index contributed by atoms with van der Waals surface area (Å²) in [6.07, 6.45) is 3.20. The Kier molecular flexibility index (Phi) is 6.43. The van der Waals surface area contributed by atoms with Gasteiger partial charge in [-0.2, -0.15) is 11.8 Å². The molecule has 0 saturated heterocycles. The Labute approximate surface area is 95.8 Å². The van der Waals surface area contributed by atoms with Crippen LogP contribution in [-0.4, -0.2) is 33.0 Å². The van der Waals surface area contributed by atoms with Gasteiger partial charge in [0.1, 0.15) is 0 Å². The van der Waals surface area contributed by atoms with Gasteiger partial charge < -0.3 is 5.32 Å². The molecular weight excluding hydrogens is 208 g/mol. The zero-order valence-electron chi connectivity index (χ0n) is 9.57. The lowest BCUT2D eigenvalue weighted by atomic mass is 10.4. The number of thioether (sulfide) groups is 1. The van der Waals surface area contributed by atoms with Crippen molar-refractivity contribution in [3.05, 3.63) is 11.9 Å². The summed E-state index contributed by atoms with van der Waals surface area (Å²) in [5, 5.41) is 11.4. The highest BCUT2D eigenvalue weighted by atomic mass is 32.2. The number of hydrogen-bond acceptors (Lipinski definition) is 4. The highest BCUT2D eigenvalue weighted by Crippen LogP contribution is 2.02. The number of rotatable bonds is 8. The molecule has 0 amide bonds. The number of hydrogen-bond donors (Lipinski definition) is 1. The largest absolute Gasteiger partial charge is 0.311 e. The van der Waals surface area contributed by atoms with Crippen molar-refractivity contribution in [2.24, 2.45) is 0 Å². The van der Waals surface area contributed by atoms with Gasteiger partial charge in [0.15, 0.2) is 0 Å². The van der Waals surface area contributed by atoms with Crippen LogP contribution in [-0.2, 0) is 13.1 Å². The average Bonchev–Trinajstić information content (AvgIpc) is 2.69. The van der Waals surface area contributed by atoms with Crippen LogP contribution in [0, 0.1) is 0 Å². The van der Waals surface area contributed by atoms with Crippen LogP contribution in [0.1, 0.15) is 26.0 Å². The van der Waals surface area contributed by atoms with Crippen molar-refractivity contribution >= 4 is 11.8 Å². The lowest BCUT2D eigenvalue weighted by molar-refractivity contribution is 0.581. The van der Waals surface area contributed by atoms with Gasteiger partial charge in [-0.25, -0.2) is 0 Å². The Morgan fingerprint density at radius 1 is 1.47 bits per heavy atom. The molecule has 1 rings (SSSR count). The third-order valence-electron chi connectivity index (χ3n) is 2.02. The molecule has 0 aliphatic heterocycles. The predicted molar refractivity (Wildman–Crippen MR) is 65.0 cm³/mol. The van der Waals surface area contributed by atoms with E-state index < -0.39 is 0 Å². The molecule has 4 nitrogen and oxygen atoms in total. The molecule has 0 unspecified atom stereocenters. The van der Waals surface area contributed by atoms with E-state index in [1.54, 1.807) is 0 Å². The third kappa shape index (κ3) is 5.18. The van der Waals surface area contributed by atoms with Crippen LogP contribution in [0.5, 0.6) is 0 Å². The fourth-order valence-corrected chi connectivity index (χ4v) is 1.88. The van der Waals surface area contributed by atoms with E-state index in [2.05, 4.69) is 29.5 Å². The molecule has 86 valence electrons. The lowest BCUT2D eigenvalue weighted by Crippen LogP contribution is -2.11. The second kappa shape index (κ2) is 7.70. The van der Waals surface area contributed by atoms with Gasteiger partial charge in [0, 0.05) is 19.3 Å². The normalized spacial score (nSPS) is 10.8. The maximum Gasteiger partial charge on any atom is 0.0964 e. The summed E-state index contributed by atoms with van der Waals surface area (Å²) in [7, 11) is 0. The molecule has 0 aliphatic rings. The van der Waals surface area contributed by atoms with Crippen molar-refractivity contribution in [1.82, 2.24) is 20.3 Å². The number of aryl methyl sites for hydroxylation is 1. The minimum Gasteiger partial charge on any atom is -0.311 e. The molecule has 0 saturated carbocycles. The molecule has 0 bridgehead atoms. The molecule has 1 heterocycles. The molecule has 0 fully saturated rings. The number of nitrogens with one attached hydrogen (secondary N) is 1. The second-order valence-corrected chi connectivity index (χ2v) is 4.70. The zero-order chi connectivity index (χ0) is 10.9. The fraction of sp³-hybridized carbons (Fsp3) is 0.800. The summed E-state index contributed by atoms with van der Waals surface area (Å²) in [5.74, 6) is 2.40. The molecule has 0 aromatic carbocycles. The van der Waals surface area contributed by atoms with E-state index in [4.69, 9.17) is 0 Å². The Bertz CT molecular complexity index is 262. The highest BCUT2D eigenvalue weighted by molar-refractivity contribution is 7.99. The fourth-order valence-electron chi connectivity index (χ4n) is 1.25. The van der Waals surface area contributed by atoms with Crippen molar-refractivity contribution in [1.29, 1.82) is 0 Å². The summed E-state index contributed by atoms with van der Waals surface area (Å²) in [6, 6.07) is 0. The molecule has 0 spiro atoms. The molecule has 1 aromatic heterocycles. The smallest absolute Gasteiger partial charge is 0.0964 e. The van der Waals surface area contributed by atoms with Crippen LogP contribution < -0.4 is 5.32 Å². The second-order valence-electron chi connectivity index (χ2n) is 3.30. The van der Waals surface area contributed by atoms with Gasteiger partial charge in [-0.3, -0.25) is 4.68 Å². The monoisotopic (exact) mass is 228 g/mol. The van der Waals surface area contributed by atoms with Gasteiger partial charge in [-0.05, 0) is 24.5 Å². The van der Waals surface area contributed by atoms with Crippen molar-refractivity contribution in [2.45, 2.75) is 33.4 Å². The first-order valence-corrected chi connectivity index (χ1v) is 6.69. The van der Waals surface area contributed by atoms with Crippen molar-refractivity contribution in [3.8, 4) is 0 Å². The molecule has 0 aliphatic carbocycles. The minimum atomic E-state index is 0.820. The van der Waals surface area contributed by atoms with E-state index in [9.17, 15) is 0 Å². The molecule has 5 heteroatoms.